The minimum atomic E-state index is -0.981. The molecule has 0 radical (unpaired) electrons. The molecule has 38 heavy (non-hydrogen) atoms. The fourth-order valence-electron chi connectivity index (χ4n) is 4.58. The number of carbonyl (C=O) groups excluding carboxylic acids is 6. The lowest BCUT2D eigenvalue weighted by Crippen LogP contribution is -2.58. The van der Waals surface area contributed by atoms with Crippen molar-refractivity contribution in [3.05, 3.63) is 41.1 Å². The van der Waals surface area contributed by atoms with E-state index in [9.17, 15) is 33.9 Å². The summed E-state index contributed by atoms with van der Waals surface area (Å²) in [6, 6.07) is 4.22. The normalized spacial score (nSPS) is 20.2. The van der Waals surface area contributed by atoms with Crippen LogP contribution in [0.4, 0.5) is 4.79 Å². The van der Waals surface area contributed by atoms with E-state index in [0.29, 0.717) is 24.9 Å². The lowest BCUT2D eigenvalue weighted by Gasteiger charge is -2.39. The minimum absolute atomic E-state index is 0.0289. The molecule has 0 bridgehead atoms. The van der Waals surface area contributed by atoms with Crippen LogP contribution in [0.3, 0.4) is 0 Å². The SMILES string of the molecule is CCC1=C(N2C(=O)C[C@H]2C)C(=O)CC1.CCN1CCN(C(=O)N[C@@H](C(=O)I)c2ccc(O)cc2)C(=O)C1=O. The number of urea groups is 1. The Morgan fingerprint density at radius 3 is 2.24 bits per heavy atom. The van der Waals surface area contributed by atoms with Crippen LogP contribution < -0.4 is 5.32 Å². The zero-order chi connectivity index (χ0) is 28.1. The highest BCUT2D eigenvalue weighted by Crippen LogP contribution is 2.34. The highest BCUT2D eigenvalue weighted by Gasteiger charge is 2.40. The summed E-state index contributed by atoms with van der Waals surface area (Å²) in [4.78, 5) is 74.9. The number of likely N-dealkylation sites (N-methyl/N-ethyl adjacent to an activating group) is 1. The van der Waals surface area contributed by atoms with E-state index in [-0.39, 0.29) is 40.4 Å². The molecule has 2 heterocycles. The van der Waals surface area contributed by atoms with Gasteiger partial charge in [0, 0.05) is 61.1 Å². The molecule has 0 spiro atoms. The number of nitrogens with one attached hydrogen (secondary N) is 1. The number of β-lactam (4-membered cyclic amide) rings is 1. The Bertz CT molecular complexity index is 1180. The number of allylic oxidation sites excluding steroid dienone is 2. The molecule has 12 heteroatoms. The third-order valence-electron chi connectivity index (χ3n) is 6.76. The average molecular weight is 638 g/mol. The van der Waals surface area contributed by atoms with Crippen LogP contribution in [0.25, 0.3) is 0 Å². The van der Waals surface area contributed by atoms with Gasteiger partial charge in [-0.2, -0.15) is 0 Å². The maximum absolute atomic E-state index is 12.3. The number of imide groups is 1. The molecule has 1 aromatic carbocycles. The first-order valence-electron chi connectivity index (χ1n) is 12.5. The zero-order valence-corrected chi connectivity index (χ0v) is 23.7. The molecule has 5 amide bonds. The highest BCUT2D eigenvalue weighted by atomic mass is 127. The standard InChI is InChI=1S/C15H16IN3O5.C11H15NO2/c1-2-18-7-8-19(14(23)13(18)22)15(24)17-11(12(16)21)9-3-5-10(20)6-4-9;1-3-8-4-5-9(13)11(8)12-7(2)6-10(12)14/h3-6,11,20H,2,7-8H2,1H3,(H,17,24);7H,3-6H2,1-2H3/t11-;7-/m11/s1. The zero-order valence-electron chi connectivity index (χ0n) is 21.5. The lowest BCUT2D eigenvalue weighted by molar-refractivity contribution is -0.153. The molecule has 0 unspecified atom stereocenters. The van der Waals surface area contributed by atoms with Crippen molar-refractivity contribution in [2.24, 2.45) is 0 Å². The van der Waals surface area contributed by atoms with Crippen LogP contribution >= 0.6 is 22.6 Å². The number of carbonyl (C=O) groups is 6. The number of rotatable bonds is 6. The number of nitrogens with zero attached hydrogens (tertiary/aromatic N) is 3. The predicted molar refractivity (Wildman–Crippen MR) is 145 cm³/mol. The Balaban J connectivity index is 0.000000241. The molecule has 3 aliphatic rings. The van der Waals surface area contributed by atoms with Gasteiger partial charge in [0.2, 0.25) is 9.70 Å². The first-order valence-corrected chi connectivity index (χ1v) is 13.5. The van der Waals surface area contributed by atoms with Gasteiger partial charge in [0.05, 0.1) is 5.70 Å². The third-order valence-corrected chi connectivity index (χ3v) is 7.38. The van der Waals surface area contributed by atoms with E-state index >= 15 is 0 Å². The van der Waals surface area contributed by atoms with E-state index in [1.807, 2.05) is 13.8 Å². The Morgan fingerprint density at radius 1 is 1.05 bits per heavy atom. The van der Waals surface area contributed by atoms with Crippen molar-refractivity contribution in [2.45, 2.75) is 58.5 Å². The minimum Gasteiger partial charge on any atom is -0.508 e. The van der Waals surface area contributed by atoms with Gasteiger partial charge in [0.15, 0.2) is 5.78 Å². The average Bonchev–Trinajstić information content (AvgIpc) is 3.24. The summed E-state index contributed by atoms with van der Waals surface area (Å²) in [5.74, 6) is -1.36. The first kappa shape index (κ1) is 29.3. The molecular weight excluding hydrogens is 607 g/mol. The molecule has 0 saturated carbocycles. The van der Waals surface area contributed by atoms with Crippen LogP contribution in [0, 0.1) is 0 Å². The summed E-state index contributed by atoms with van der Waals surface area (Å²) in [5.41, 5.74) is 2.35. The molecular formula is C26H31IN4O7. The Hall–Kier alpha value is -3.29. The number of hydrogen-bond acceptors (Lipinski definition) is 7. The number of phenolic OH excluding ortho intramolecular Hbond substituents is 1. The van der Waals surface area contributed by atoms with E-state index in [0.717, 1.165) is 29.0 Å². The molecule has 1 aliphatic carbocycles. The van der Waals surface area contributed by atoms with Gasteiger partial charge in [-0.05, 0) is 50.0 Å². The van der Waals surface area contributed by atoms with Crippen LogP contribution in [0.15, 0.2) is 35.5 Å². The van der Waals surface area contributed by atoms with Gasteiger partial charge in [0.1, 0.15) is 11.8 Å². The number of halogens is 1. The topological polar surface area (TPSA) is 144 Å². The van der Waals surface area contributed by atoms with Crippen LogP contribution in [-0.2, 0) is 24.0 Å². The molecule has 2 aliphatic heterocycles. The molecule has 2 atom stereocenters. The van der Waals surface area contributed by atoms with Crippen molar-refractivity contribution in [1.29, 1.82) is 0 Å². The number of aromatic hydroxyl groups is 1. The first-order chi connectivity index (χ1) is 18.0. The van der Waals surface area contributed by atoms with Crippen molar-refractivity contribution < 1.29 is 33.9 Å². The van der Waals surface area contributed by atoms with Gasteiger partial charge in [-0.25, -0.2) is 4.79 Å². The van der Waals surface area contributed by atoms with Crippen molar-refractivity contribution >= 4 is 55.9 Å². The van der Waals surface area contributed by atoms with E-state index in [2.05, 4.69) is 5.32 Å². The molecule has 1 aromatic rings. The summed E-state index contributed by atoms with van der Waals surface area (Å²) in [6.45, 7) is 6.51. The third kappa shape index (κ3) is 6.22. The monoisotopic (exact) mass is 638 g/mol. The number of benzene rings is 1. The van der Waals surface area contributed by atoms with Crippen molar-refractivity contribution in [2.75, 3.05) is 19.6 Å². The molecule has 2 fully saturated rings. The molecule has 11 nitrogen and oxygen atoms in total. The van der Waals surface area contributed by atoms with Crippen LogP contribution in [0.5, 0.6) is 5.75 Å². The number of amides is 5. The number of likely N-dealkylation sites (tertiary alicyclic amines) is 1. The van der Waals surface area contributed by atoms with Gasteiger partial charge >= 0.3 is 17.8 Å². The largest absolute Gasteiger partial charge is 0.508 e. The Kier molecular flexibility index (Phi) is 9.63. The Morgan fingerprint density at radius 2 is 1.71 bits per heavy atom. The second-order valence-electron chi connectivity index (χ2n) is 9.17. The highest BCUT2D eigenvalue weighted by molar-refractivity contribution is 14.1. The number of hydrogen-bond donors (Lipinski definition) is 2. The molecule has 2 saturated heterocycles. The maximum Gasteiger partial charge on any atom is 0.325 e. The smallest absolute Gasteiger partial charge is 0.325 e. The maximum atomic E-state index is 12.3. The molecule has 4 rings (SSSR count). The van der Waals surface area contributed by atoms with Gasteiger partial charge < -0.3 is 20.2 Å². The van der Waals surface area contributed by atoms with Crippen molar-refractivity contribution in [1.82, 2.24) is 20.0 Å². The fourth-order valence-corrected chi connectivity index (χ4v) is 5.09. The van der Waals surface area contributed by atoms with E-state index < -0.39 is 23.9 Å². The van der Waals surface area contributed by atoms with Crippen LogP contribution in [0.1, 0.15) is 58.1 Å². The second kappa shape index (κ2) is 12.5. The predicted octanol–water partition coefficient (Wildman–Crippen LogP) is 2.43. The fraction of sp³-hybridized carbons (Fsp3) is 0.462. The van der Waals surface area contributed by atoms with Gasteiger partial charge in [-0.3, -0.25) is 28.9 Å². The van der Waals surface area contributed by atoms with Crippen molar-refractivity contribution in [3.63, 3.8) is 0 Å². The van der Waals surface area contributed by atoms with E-state index in [4.69, 9.17) is 0 Å². The van der Waals surface area contributed by atoms with Crippen molar-refractivity contribution in [3.8, 4) is 5.75 Å². The molecule has 0 aromatic heterocycles. The van der Waals surface area contributed by atoms with Gasteiger partial charge in [-0.1, -0.05) is 19.1 Å². The quantitative estimate of drug-likeness (QED) is 0.211. The summed E-state index contributed by atoms with van der Waals surface area (Å²) >= 11 is 1.54. The van der Waals surface area contributed by atoms with Gasteiger partial charge in [-0.15, -0.1) is 0 Å². The Labute approximate surface area is 234 Å². The lowest BCUT2D eigenvalue weighted by atomic mass is 10.0. The summed E-state index contributed by atoms with van der Waals surface area (Å²) in [7, 11) is 0. The summed E-state index contributed by atoms with van der Waals surface area (Å²) in [6.07, 6.45) is 2.92. The van der Waals surface area contributed by atoms with E-state index in [1.165, 1.54) is 29.2 Å². The number of Topliss-reactive ketones (excluding diaryl/α,β-unsaturated/α-hetero) is 1. The van der Waals surface area contributed by atoms with E-state index in [1.54, 1.807) is 34.4 Å². The summed E-state index contributed by atoms with van der Waals surface area (Å²) in [5, 5.41) is 11.8. The second-order valence-corrected chi connectivity index (χ2v) is 10.2. The number of ketones is 1. The molecule has 204 valence electrons. The van der Waals surface area contributed by atoms with Gasteiger partial charge in [0.25, 0.3) is 0 Å². The number of piperazine rings is 1. The molecule has 2 N–H and O–H groups in total. The number of phenols is 1. The summed E-state index contributed by atoms with van der Waals surface area (Å²) < 4.78 is -0.363. The van der Waals surface area contributed by atoms with Crippen LogP contribution in [-0.4, -0.2) is 78.8 Å². The van der Waals surface area contributed by atoms with Crippen LogP contribution in [0.2, 0.25) is 0 Å².